The lowest BCUT2D eigenvalue weighted by Gasteiger charge is -2.19. The lowest BCUT2D eigenvalue weighted by molar-refractivity contribution is 0.112. The molecule has 88 valence electrons. The average molecular weight is 230 g/mol. The van der Waals surface area contributed by atoms with Crippen LogP contribution in [0.5, 0.6) is 0 Å². The molecule has 2 aromatic rings. The number of aryl methyl sites for hydroxylation is 1. The number of aldehydes is 1. The molecule has 0 aliphatic heterocycles. The Hall–Kier alpha value is -2.10. The van der Waals surface area contributed by atoms with Gasteiger partial charge in [-0.05, 0) is 24.6 Å². The molecule has 0 saturated carbocycles. The summed E-state index contributed by atoms with van der Waals surface area (Å²) in [6, 6.07) is 3.76. The molecule has 4 nitrogen and oxygen atoms in total. The van der Waals surface area contributed by atoms with E-state index in [1.807, 2.05) is 31.0 Å². The minimum atomic E-state index is 0.600. The largest absolute Gasteiger partial charge is 0.472 e. The summed E-state index contributed by atoms with van der Waals surface area (Å²) < 4.78 is 5.02. The zero-order valence-corrected chi connectivity index (χ0v) is 9.88. The van der Waals surface area contributed by atoms with Crippen molar-refractivity contribution in [3.05, 3.63) is 47.5 Å². The molecule has 0 spiro atoms. The molecule has 2 aromatic heterocycles. The first-order valence-corrected chi connectivity index (χ1v) is 5.34. The van der Waals surface area contributed by atoms with Crippen molar-refractivity contribution in [2.24, 2.45) is 0 Å². The SMILES string of the molecule is Cc1cc(C=O)cnc1N(C)Cc1ccoc1. The molecule has 0 N–H and O–H groups in total. The van der Waals surface area contributed by atoms with Crippen molar-refractivity contribution >= 4 is 12.1 Å². The average Bonchev–Trinajstić information content (AvgIpc) is 2.81. The van der Waals surface area contributed by atoms with Crippen molar-refractivity contribution in [1.82, 2.24) is 4.98 Å². The quantitative estimate of drug-likeness (QED) is 0.757. The Kier molecular flexibility index (Phi) is 3.23. The van der Waals surface area contributed by atoms with Crippen LogP contribution >= 0.6 is 0 Å². The third-order valence-corrected chi connectivity index (χ3v) is 2.57. The summed E-state index contributed by atoms with van der Waals surface area (Å²) in [6.07, 6.45) is 5.76. The zero-order chi connectivity index (χ0) is 12.3. The first-order chi connectivity index (χ1) is 8.20. The van der Waals surface area contributed by atoms with Crippen molar-refractivity contribution in [3.8, 4) is 0 Å². The van der Waals surface area contributed by atoms with Crippen molar-refractivity contribution in [1.29, 1.82) is 0 Å². The van der Waals surface area contributed by atoms with E-state index in [0.717, 1.165) is 29.8 Å². The van der Waals surface area contributed by atoms with Gasteiger partial charge in [0.25, 0.3) is 0 Å². The molecule has 0 amide bonds. The highest BCUT2D eigenvalue weighted by atomic mass is 16.3. The second-order valence-corrected chi connectivity index (χ2v) is 4.01. The van der Waals surface area contributed by atoms with E-state index in [1.54, 1.807) is 18.7 Å². The van der Waals surface area contributed by atoms with Gasteiger partial charge >= 0.3 is 0 Å². The molecule has 0 aliphatic rings. The van der Waals surface area contributed by atoms with Crippen LogP contribution in [0, 0.1) is 6.92 Å². The molecule has 17 heavy (non-hydrogen) atoms. The third-order valence-electron chi connectivity index (χ3n) is 2.57. The maximum atomic E-state index is 10.6. The molecule has 0 aliphatic carbocycles. The highest BCUT2D eigenvalue weighted by Gasteiger charge is 2.08. The predicted molar refractivity (Wildman–Crippen MR) is 65.2 cm³/mol. The molecule has 4 heteroatoms. The van der Waals surface area contributed by atoms with E-state index in [-0.39, 0.29) is 0 Å². The van der Waals surface area contributed by atoms with Gasteiger partial charge in [-0.2, -0.15) is 0 Å². The summed E-state index contributed by atoms with van der Waals surface area (Å²) in [5.74, 6) is 0.872. The van der Waals surface area contributed by atoms with Crippen LogP contribution in [-0.4, -0.2) is 18.3 Å². The number of anilines is 1. The van der Waals surface area contributed by atoms with E-state index >= 15 is 0 Å². The van der Waals surface area contributed by atoms with Gasteiger partial charge in [-0.3, -0.25) is 4.79 Å². The Bertz CT molecular complexity index is 506. The lowest BCUT2D eigenvalue weighted by Crippen LogP contribution is -2.18. The van der Waals surface area contributed by atoms with E-state index < -0.39 is 0 Å². The normalized spacial score (nSPS) is 10.2. The molecule has 0 saturated heterocycles. The smallest absolute Gasteiger partial charge is 0.151 e. The fourth-order valence-electron chi connectivity index (χ4n) is 1.78. The molecule has 0 radical (unpaired) electrons. The first kappa shape index (κ1) is 11.4. The molecule has 2 heterocycles. The Morgan fingerprint density at radius 3 is 2.94 bits per heavy atom. The van der Waals surface area contributed by atoms with Crippen LogP contribution in [0.3, 0.4) is 0 Å². The fourth-order valence-corrected chi connectivity index (χ4v) is 1.78. The van der Waals surface area contributed by atoms with Gasteiger partial charge in [0.15, 0.2) is 6.29 Å². The van der Waals surface area contributed by atoms with Gasteiger partial charge in [-0.15, -0.1) is 0 Å². The van der Waals surface area contributed by atoms with Gasteiger partial charge in [0.05, 0.1) is 12.5 Å². The van der Waals surface area contributed by atoms with E-state index in [2.05, 4.69) is 4.98 Å². The van der Waals surface area contributed by atoms with Crippen LogP contribution < -0.4 is 4.90 Å². The number of carbonyl (C=O) groups is 1. The second kappa shape index (κ2) is 4.82. The third kappa shape index (κ3) is 2.53. The minimum Gasteiger partial charge on any atom is -0.472 e. The number of carbonyl (C=O) groups excluding carboxylic acids is 1. The van der Waals surface area contributed by atoms with Crippen LogP contribution in [-0.2, 0) is 6.54 Å². The number of hydrogen-bond donors (Lipinski definition) is 0. The zero-order valence-electron chi connectivity index (χ0n) is 9.88. The Balaban J connectivity index is 2.19. The van der Waals surface area contributed by atoms with Gasteiger partial charge in [0.2, 0.25) is 0 Å². The Morgan fingerprint density at radius 1 is 1.53 bits per heavy atom. The lowest BCUT2D eigenvalue weighted by atomic mass is 10.2. The molecular formula is C13H14N2O2. The number of aromatic nitrogens is 1. The summed E-state index contributed by atoms with van der Waals surface area (Å²) in [4.78, 5) is 16.9. The molecule has 0 fully saturated rings. The van der Waals surface area contributed by atoms with Gasteiger partial charge in [-0.25, -0.2) is 4.98 Å². The van der Waals surface area contributed by atoms with Crippen molar-refractivity contribution in [2.75, 3.05) is 11.9 Å². The van der Waals surface area contributed by atoms with Crippen molar-refractivity contribution < 1.29 is 9.21 Å². The fraction of sp³-hybridized carbons (Fsp3) is 0.231. The standard InChI is InChI=1S/C13H14N2O2/c1-10-5-12(8-16)6-14-13(10)15(2)7-11-3-4-17-9-11/h3-6,8-9H,7H2,1-2H3. The van der Waals surface area contributed by atoms with Crippen molar-refractivity contribution in [3.63, 3.8) is 0 Å². The van der Waals surface area contributed by atoms with Gasteiger partial charge in [-0.1, -0.05) is 0 Å². The number of pyridine rings is 1. The van der Waals surface area contributed by atoms with Gasteiger partial charge in [0.1, 0.15) is 5.82 Å². The van der Waals surface area contributed by atoms with Crippen molar-refractivity contribution in [2.45, 2.75) is 13.5 Å². The molecule has 0 unspecified atom stereocenters. The van der Waals surface area contributed by atoms with E-state index in [9.17, 15) is 4.79 Å². The summed E-state index contributed by atoms with van der Waals surface area (Å²) in [7, 11) is 1.96. The predicted octanol–water partition coefficient (Wildman–Crippen LogP) is 2.43. The summed E-state index contributed by atoms with van der Waals surface area (Å²) in [5.41, 5.74) is 2.68. The highest BCUT2D eigenvalue weighted by Crippen LogP contribution is 2.18. The number of nitrogens with zero attached hydrogens (tertiary/aromatic N) is 2. The topological polar surface area (TPSA) is 46.3 Å². The van der Waals surface area contributed by atoms with E-state index in [0.29, 0.717) is 5.56 Å². The maximum Gasteiger partial charge on any atom is 0.151 e. The molecular weight excluding hydrogens is 216 g/mol. The number of rotatable bonds is 4. The Morgan fingerprint density at radius 2 is 2.35 bits per heavy atom. The molecule has 2 rings (SSSR count). The highest BCUT2D eigenvalue weighted by molar-refractivity contribution is 5.75. The maximum absolute atomic E-state index is 10.6. The molecule has 0 atom stereocenters. The molecule has 0 bridgehead atoms. The summed E-state index contributed by atoms with van der Waals surface area (Å²) in [6.45, 7) is 2.67. The molecule has 0 aromatic carbocycles. The van der Waals surface area contributed by atoms with E-state index in [1.165, 1.54) is 0 Å². The first-order valence-electron chi connectivity index (χ1n) is 5.34. The van der Waals surface area contributed by atoms with Gasteiger partial charge in [0, 0.05) is 30.9 Å². The number of furan rings is 1. The van der Waals surface area contributed by atoms with Crippen LogP contribution in [0.4, 0.5) is 5.82 Å². The summed E-state index contributed by atoms with van der Waals surface area (Å²) >= 11 is 0. The summed E-state index contributed by atoms with van der Waals surface area (Å²) in [5, 5.41) is 0. The van der Waals surface area contributed by atoms with Crippen LogP contribution in [0.1, 0.15) is 21.5 Å². The Labute approximate surface area is 99.9 Å². The van der Waals surface area contributed by atoms with Crippen LogP contribution in [0.2, 0.25) is 0 Å². The second-order valence-electron chi connectivity index (χ2n) is 4.01. The van der Waals surface area contributed by atoms with Crippen LogP contribution in [0.25, 0.3) is 0 Å². The van der Waals surface area contributed by atoms with Gasteiger partial charge < -0.3 is 9.32 Å². The van der Waals surface area contributed by atoms with E-state index in [4.69, 9.17) is 4.42 Å². The van der Waals surface area contributed by atoms with Crippen LogP contribution in [0.15, 0.2) is 35.3 Å². The number of hydrogen-bond acceptors (Lipinski definition) is 4. The minimum absolute atomic E-state index is 0.600. The monoisotopic (exact) mass is 230 g/mol.